The third-order valence-corrected chi connectivity index (χ3v) is 4.19. The fourth-order valence-corrected chi connectivity index (χ4v) is 3.13. The Kier molecular flexibility index (Phi) is 3.02. The van der Waals surface area contributed by atoms with Gasteiger partial charge >= 0.3 is 0 Å². The zero-order chi connectivity index (χ0) is 19.2. The molecule has 0 radical (unpaired) electrons. The number of Topliss-reactive ketones (excluding diaryl/α,β-unsaturated/α-hetero) is 2. The van der Waals surface area contributed by atoms with Crippen molar-refractivity contribution >= 4 is 17.1 Å². The van der Waals surface area contributed by atoms with Crippen molar-refractivity contribution in [3.05, 3.63) is 63.2 Å². The largest absolute Gasteiger partial charge is 0.285 e. The third-order valence-electron chi connectivity index (χ3n) is 4.19. The lowest BCUT2D eigenvalue weighted by atomic mass is 9.87. The summed E-state index contributed by atoms with van der Waals surface area (Å²) in [6.45, 7) is 0. The van der Waals surface area contributed by atoms with Crippen molar-refractivity contribution < 1.29 is 44.7 Å². The summed E-state index contributed by atoms with van der Waals surface area (Å²) in [7, 11) is 0. The van der Waals surface area contributed by atoms with Gasteiger partial charge in [-0.05, 0) is 0 Å². The molecular formula is C16F8O2. The van der Waals surface area contributed by atoms with E-state index in [1.165, 1.54) is 0 Å². The average molecular weight is 376 g/mol. The molecule has 2 aliphatic carbocycles. The van der Waals surface area contributed by atoms with E-state index >= 15 is 0 Å². The summed E-state index contributed by atoms with van der Waals surface area (Å²) < 4.78 is 112. The van der Waals surface area contributed by atoms with Crippen LogP contribution in [0.3, 0.4) is 0 Å². The number of hydrogen-bond acceptors (Lipinski definition) is 2. The molecule has 0 amide bonds. The molecule has 2 aromatic rings. The summed E-state index contributed by atoms with van der Waals surface area (Å²) in [5.41, 5.74) is -8.28. The second kappa shape index (κ2) is 4.77. The van der Waals surface area contributed by atoms with Gasteiger partial charge in [0.15, 0.2) is 46.5 Å². The summed E-state index contributed by atoms with van der Waals surface area (Å²) >= 11 is 0. The van der Waals surface area contributed by atoms with Crippen molar-refractivity contribution in [2.24, 2.45) is 0 Å². The van der Waals surface area contributed by atoms with Gasteiger partial charge in [-0.25, -0.2) is 35.1 Å². The Bertz CT molecular complexity index is 1150. The van der Waals surface area contributed by atoms with Gasteiger partial charge in [-0.3, -0.25) is 9.59 Å². The zero-order valence-corrected chi connectivity index (χ0v) is 11.8. The lowest BCUT2D eigenvalue weighted by Gasteiger charge is -2.16. The van der Waals surface area contributed by atoms with E-state index < -0.39 is 91.5 Å². The fraction of sp³-hybridized carbons (Fsp3) is 0. The molecule has 0 saturated heterocycles. The zero-order valence-electron chi connectivity index (χ0n) is 11.8. The minimum absolute atomic E-state index is 1.18. The number of hydrogen-bond donors (Lipinski definition) is 0. The predicted molar refractivity (Wildman–Crippen MR) is 68.1 cm³/mol. The number of halogens is 8. The molecule has 0 saturated carbocycles. The number of fused-ring (bicyclic) bond motifs is 3. The van der Waals surface area contributed by atoms with E-state index in [0.29, 0.717) is 0 Å². The molecule has 0 atom stereocenters. The topological polar surface area (TPSA) is 34.1 Å². The van der Waals surface area contributed by atoms with Crippen LogP contribution < -0.4 is 0 Å². The maximum Gasteiger partial charge on any atom is 0.262 e. The van der Waals surface area contributed by atoms with Gasteiger partial charge in [0.1, 0.15) is 0 Å². The lowest BCUT2D eigenvalue weighted by Crippen LogP contribution is -2.24. The average Bonchev–Trinajstić information content (AvgIpc) is 2.96. The van der Waals surface area contributed by atoms with Crippen molar-refractivity contribution in [1.29, 1.82) is 0 Å². The van der Waals surface area contributed by atoms with Crippen LogP contribution in [0, 0.1) is 40.7 Å². The highest BCUT2D eigenvalue weighted by atomic mass is 19.2. The number of rotatable bonds is 0. The summed E-state index contributed by atoms with van der Waals surface area (Å²) in [6, 6.07) is 0. The van der Waals surface area contributed by atoms with E-state index in [-0.39, 0.29) is 0 Å². The number of carbonyl (C=O) groups is 2. The smallest absolute Gasteiger partial charge is 0.262 e. The summed E-state index contributed by atoms with van der Waals surface area (Å²) in [5, 5.41) is 0. The first-order valence-electron chi connectivity index (χ1n) is 6.67. The first-order chi connectivity index (χ1) is 12.1. The van der Waals surface area contributed by atoms with Gasteiger partial charge in [-0.2, -0.15) is 0 Å². The molecule has 26 heavy (non-hydrogen) atoms. The Balaban J connectivity index is 2.38. The monoisotopic (exact) mass is 376 g/mol. The minimum Gasteiger partial charge on any atom is -0.285 e. The molecule has 0 unspecified atom stereocenters. The van der Waals surface area contributed by atoms with Gasteiger partial charge in [-0.1, -0.05) is 0 Å². The van der Waals surface area contributed by atoms with Gasteiger partial charge in [0, 0.05) is 27.8 Å². The first kappa shape index (κ1) is 16.4. The van der Waals surface area contributed by atoms with Crippen LogP contribution in [0.25, 0.3) is 16.7 Å². The minimum atomic E-state index is -2.42. The molecule has 0 heterocycles. The highest BCUT2D eigenvalue weighted by Crippen LogP contribution is 2.54. The standard InChI is InChI=1S/C16F8O2/c17-7-2-1-3(5-4(2)8(18)13(23)14(24)9(5)19)11(21)16(26)15(25)6(1)10(20)12(7)22. The molecule has 0 fully saturated rings. The van der Waals surface area contributed by atoms with Crippen LogP contribution in [0.4, 0.5) is 35.1 Å². The Morgan fingerprint density at radius 3 is 1.31 bits per heavy atom. The van der Waals surface area contributed by atoms with Crippen LogP contribution in [0.5, 0.6) is 0 Å². The molecule has 0 spiro atoms. The maximum absolute atomic E-state index is 14.3. The molecule has 132 valence electrons. The molecular weight excluding hydrogens is 376 g/mol. The molecule has 2 aromatic carbocycles. The van der Waals surface area contributed by atoms with Crippen molar-refractivity contribution in [2.75, 3.05) is 0 Å². The molecule has 0 aliphatic heterocycles. The van der Waals surface area contributed by atoms with Gasteiger partial charge in [0.25, 0.3) is 5.78 Å². The van der Waals surface area contributed by atoms with E-state index in [1.807, 2.05) is 0 Å². The summed E-state index contributed by atoms with van der Waals surface area (Å²) in [6.07, 6.45) is 0. The normalized spacial score (nSPS) is 14.9. The second-order valence-electron chi connectivity index (χ2n) is 5.42. The van der Waals surface area contributed by atoms with E-state index in [1.54, 1.807) is 0 Å². The maximum atomic E-state index is 14.3. The van der Waals surface area contributed by atoms with Crippen molar-refractivity contribution in [2.45, 2.75) is 0 Å². The molecule has 0 aromatic heterocycles. The highest BCUT2D eigenvalue weighted by molar-refractivity contribution is 6.53. The van der Waals surface area contributed by atoms with E-state index in [0.717, 1.165) is 0 Å². The van der Waals surface area contributed by atoms with Gasteiger partial charge in [0.2, 0.25) is 5.78 Å². The number of ketones is 2. The summed E-state index contributed by atoms with van der Waals surface area (Å²) in [4.78, 5) is 23.4. The number of carbonyl (C=O) groups excluding carboxylic acids is 2. The van der Waals surface area contributed by atoms with Crippen LogP contribution in [0.15, 0.2) is 5.83 Å². The molecule has 0 N–H and O–H groups in total. The highest BCUT2D eigenvalue weighted by Gasteiger charge is 2.48. The Morgan fingerprint density at radius 2 is 0.769 bits per heavy atom. The number of benzene rings is 2. The quantitative estimate of drug-likeness (QED) is 0.256. The van der Waals surface area contributed by atoms with Crippen LogP contribution in [0.2, 0.25) is 0 Å². The Labute approximate surface area is 137 Å². The van der Waals surface area contributed by atoms with Crippen LogP contribution in [-0.2, 0) is 4.79 Å². The predicted octanol–water partition coefficient (Wildman–Crippen LogP) is 4.13. The molecule has 4 rings (SSSR count). The van der Waals surface area contributed by atoms with Gasteiger partial charge in [-0.15, -0.1) is 0 Å². The van der Waals surface area contributed by atoms with Crippen molar-refractivity contribution in [3.63, 3.8) is 0 Å². The Hall–Kier alpha value is -3.04. The van der Waals surface area contributed by atoms with Crippen molar-refractivity contribution in [1.82, 2.24) is 0 Å². The molecule has 2 nitrogen and oxygen atoms in total. The third kappa shape index (κ3) is 1.57. The number of allylic oxidation sites excluding steroid dienone is 1. The fourth-order valence-electron chi connectivity index (χ4n) is 3.13. The molecule has 10 heteroatoms. The van der Waals surface area contributed by atoms with E-state index in [4.69, 9.17) is 0 Å². The Morgan fingerprint density at radius 1 is 0.385 bits per heavy atom. The van der Waals surface area contributed by atoms with Gasteiger partial charge < -0.3 is 0 Å². The molecule has 2 aliphatic rings. The summed E-state index contributed by atoms with van der Waals surface area (Å²) in [5.74, 6) is -22.0. The van der Waals surface area contributed by atoms with E-state index in [9.17, 15) is 44.7 Å². The van der Waals surface area contributed by atoms with Crippen LogP contribution in [0.1, 0.15) is 21.5 Å². The van der Waals surface area contributed by atoms with Crippen LogP contribution >= 0.6 is 0 Å². The molecule has 0 bridgehead atoms. The lowest BCUT2D eigenvalue weighted by molar-refractivity contribution is -0.113. The first-order valence-corrected chi connectivity index (χ1v) is 6.67. The van der Waals surface area contributed by atoms with Crippen molar-refractivity contribution in [3.8, 4) is 11.1 Å². The van der Waals surface area contributed by atoms with Crippen LogP contribution in [-0.4, -0.2) is 11.6 Å². The SMILES string of the molecule is O=C1C(=O)c2c(F)c(F)c(F)c3c2C(=C1F)c1c(F)c(F)c(F)c(F)c1-3. The second-order valence-corrected chi connectivity index (χ2v) is 5.42. The van der Waals surface area contributed by atoms with Gasteiger partial charge in [0.05, 0.1) is 5.56 Å². The van der Waals surface area contributed by atoms with E-state index in [2.05, 4.69) is 0 Å².